The number of ether oxygens (including phenoxy) is 4. The molecule has 8 nitrogen and oxygen atoms in total. The number of carbonyl (C=O) groups is 2. The van der Waals surface area contributed by atoms with Crippen LogP contribution in [0.4, 0.5) is 4.79 Å². The van der Waals surface area contributed by atoms with Gasteiger partial charge in [0.05, 0.1) is 19.3 Å². The van der Waals surface area contributed by atoms with Crippen LogP contribution in [0.5, 0.6) is 0 Å². The lowest BCUT2D eigenvalue weighted by atomic mass is 9.86. The predicted octanol–water partition coefficient (Wildman–Crippen LogP) is 2.72. The number of esters is 1. The summed E-state index contributed by atoms with van der Waals surface area (Å²) in [4.78, 5) is 26.2. The van der Waals surface area contributed by atoms with Gasteiger partial charge in [0.15, 0.2) is 0 Å². The van der Waals surface area contributed by atoms with Crippen molar-refractivity contribution in [3.63, 3.8) is 0 Å². The Bertz CT molecular complexity index is 530. The topological polar surface area (TPSA) is 94.5 Å². The average Bonchev–Trinajstić information content (AvgIpc) is 2.56. The minimum Gasteiger partial charge on any atom is -0.466 e. The fourth-order valence-electron chi connectivity index (χ4n) is 2.93. The number of nitrogens with zero attached hydrogens (tertiary/aromatic N) is 1. The van der Waals surface area contributed by atoms with Crippen LogP contribution in [-0.2, 0) is 23.7 Å². The van der Waals surface area contributed by atoms with Crippen LogP contribution in [0.3, 0.4) is 0 Å². The molecular formula is C20H39NO7Si. The first-order valence-corrected chi connectivity index (χ1v) is 14.0. The highest BCUT2D eigenvalue weighted by molar-refractivity contribution is 6.76. The molecule has 0 aromatic carbocycles. The number of piperidine rings is 1. The first kappa shape index (κ1) is 25.9. The Morgan fingerprint density at radius 3 is 2.34 bits per heavy atom. The molecule has 0 aromatic rings. The quantitative estimate of drug-likeness (QED) is 0.258. The number of likely N-dealkylation sites (tertiary alicyclic amines) is 1. The third-order valence-electron chi connectivity index (χ3n) is 4.50. The maximum absolute atomic E-state index is 12.5. The number of rotatable bonds is 9. The summed E-state index contributed by atoms with van der Waals surface area (Å²) in [5.74, 6) is -1.80. The van der Waals surface area contributed by atoms with E-state index in [1.807, 2.05) is 0 Å². The van der Waals surface area contributed by atoms with Crippen molar-refractivity contribution in [1.82, 2.24) is 4.90 Å². The SMILES string of the molecule is CCOC(=O)[C@H]1CN(C(=O)OC(C)(C)C)C[C@H](COCOCC[Si](C)(C)C)[C@H]1O. The molecule has 0 aromatic heterocycles. The van der Waals surface area contributed by atoms with Crippen LogP contribution in [0.25, 0.3) is 0 Å². The summed E-state index contributed by atoms with van der Waals surface area (Å²) in [6.45, 7) is 15.3. The molecular weight excluding hydrogens is 394 g/mol. The maximum Gasteiger partial charge on any atom is 0.410 e. The minimum atomic E-state index is -1.16. The molecule has 1 rings (SSSR count). The lowest BCUT2D eigenvalue weighted by Gasteiger charge is -2.40. The molecule has 1 saturated heterocycles. The van der Waals surface area contributed by atoms with E-state index < -0.39 is 43.7 Å². The van der Waals surface area contributed by atoms with Gasteiger partial charge in [-0.2, -0.15) is 0 Å². The van der Waals surface area contributed by atoms with Gasteiger partial charge in [-0.3, -0.25) is 4.79 Å². The second-order valence-electron chi connectivity index (χ2n) is 9.70. The highest BCUT2D eigenvalue weighted by atomic mass is 28.3. The summed E-state index contributed by atoms with van der Waals surface area (Å²) in [5.41, 5.74) is -0.650. The van der Waals surface area contributed by atoms with Gasteiger partial charge in [-0.05, 0) is 33.7 Å². The smallest absolute Gasteiger partial charge is 0.410 e. The van der Waals surface area contributed by atoms with Gasteiger partial charge in [0.25, 0.3) is 0 Å². The third kappa shape index (κ3) is 9.93. The minimum absolute atomic E-state index is 0.0537. The van der Waals surface area contributed by atoms with Crippen LogP contribution >= 0.6 is 0 Å². The van der Waals surface area contributed by atoms with E-state index >= 15 is 0 Å². The Morgan fingerprint density at radius 1 is 1.14 bits per heavy atom. The zero-order valence-electron chi connectivity index (χ0n) is 19.0. The number of aliphatic hydroxyl groups is 1. The Balaban J connectivity index is 2.67. The Labute approximate surface area is 175 Å². The van der Waals surface area contributed by atoms with Crippen molar-refractivity contribution in [2.45, 2.75) is 65.1 Å². The summed E-state index contributed by atoms with van der Waals surface area (Å²) >= 11 is 0. The number of amides is 1. The molecule has 1 heterocycles. The van der Waals surface area contributed by atoms with Gasteiger partial charge in [-0.15, -0.1) is 0 Å². The molecule has 0 radical (unpaired) electrons. The third-order valence-corrected chi connectivity index (χ3v) is 6.21. The molecule has 0 unspecified atom stereocenters. The van der Waals surface area contributed by atoms with E-state index in [0.29, 0.717) is 6.61 Å². The molecule has 1 fully saturated rings. The fourth-order valence-corrected chi connectivity index (χ4v) is 3.68. The Morgan fingerprint density at radius 2 is 1.79 bits per heavy atom. The summed E-state index contributed by atoms with van der Waals surface area (Å²) < 4.78 is 21.6. The van der Waals surface area contributed by atoms with Gasteiger partial charge in [-0.1, -0.05) is 19.6 Å². The highest BCUT2D eigenvalue weighted by Gasteiger charge is 2.43. The van der Waals surface area contributed by atoms with E-state index in [1.54, 1.807) is 27.7 Å². The molecule has 1 aliphatic rings. The zero-order chi connectivity index (χ0) is 22.2. The average molecular weight is 434 g/mol. The van der Waals surface area contributed by atoms with Crippen molar-refractivity contribution in [2.24, 2.45) is 11.8 Å². The van der Waals surface area contributed by atoms with Gasteiger partial charge in [-0.25, -0.2) is 4.79 Å². The molecule has 170 valence electrons. The molecule has 1 aliphatic heterocycles. The fraction of sp³-hybridized carbons (Fsp3) is 0.900. The van der Waals surface area contributed by atoms with Gasteiger partial charge >= 0.3 is 12.1 Å². The van der Waals surface area contributed by atoms with Crippen molar-refractivity contribution in [3.8, 4) is 0 Å². The predicted molar refractivity (Wildman–Crippen MR) is 112 cm³/mol. The van der Waals surface area contributed by atoms with Crippen LogP contribution in [0.1, 0.15) is 27.7 Å². The molecule has 1 amide bonds. The summed E-state index contributed by atoms with van der Waals surface area (Å²) in [6, 6.07) is 1.04. The van der Waals surface area contributed by atoms with Crippen molar-refractivity contribution >= 4 is 20.1 Å². The normalized spacial score (nSPS) is 23.0. The highest BCUT2D eigenvalue weighted by Crippen LogP contribution is 2.26. The van der Waals surface area contributed by atoms with Gasteiger partial charge in [0.1, 0.15) is 18.3 Å². The van der Waals surface area contributed by atoms with E-state index in [4.69, 9.17) is 18.9 Å². The molecule has 0 aliphatic carbocycles. The van der Waals surface area contributed by atoms with Crippen molar-refractivity contribution < 1.29 is 33.6 Å². The number of carbonyl (C=O) groups excluding carboxylic acids is 2. The van der Waals surface area contributed by atoms with Crippen molar-refractivity contribution in [1.29, 1.82) is 0 Å². The van der Waals surface area contributed by atoms with Crippen molar-refractivity contribution in [3.05, 3.63) is 0 Å². The van der Waals surface area contributed by atoms with Gasteiger partial charge < -0.3 is 29.0 Å². The molecule has 29 heavy (non-hydrogen) atoms. The van der Waals surface area contributed by atoms with Gasteiger partial charge in [0, 0.05) is 33.7 Å². The van der Waals surface area contributed by atoms with Crippen LogP contribution in [0.2, 0.25) is 25.7 Å². The van der Waals surface area contributed by atoms with E-state index in [1.165, 1.54) is 4.90 Å². The second-order valence-corrected chi connectivity index (χ2v) is 15.3. The van der Waals surface area contributed by atoms with E-state index in [0.717, 1.165) is 6.04 Å². The van der Waals surface area contributed by atoms with Gasteiger partial charge in [0.2, 0.25) is 0 Å². The number of hydrogen-bond donors (Lipinski definition) is 1. The van der Waals surface area contributed by atoms with E-state index in [9.17, 15) is 14.7 Å². The van der Waals surface area contributed by atoms with Crippen LogP contribution in [-0.4, -0.2) is 81.6 Å². The standard InChI is InChI=1S/C20H39NO7Si/c1-8-27-18(23)16-12-21(19(24)28-20(2,3)4)11-15(17(16)22)13-26-14-25-9-10-29(5,6)7/h15-17,22H,8-14H2,1-7H3/t15-,16+,17-/m1/s1. The van der Waals surface area contributed by atoms with E-state index in [-0.39, 0.29) is 33.1 Å². The zero-order valence-corrected chi connectivity index (χ0v) is 20.0. The molecule has 1 N–H and O–H groups in total. The number of hydrogen-bond acceptors (Lipinski definition) is 7. The van der Waals surface area contributed by atoms with Crippen LogP contribution in [0.15, 0.2) is 0 Å². The summed E-state index contributed by atoms with van der Waals surface area (Å²) in [5, 5.41) is 10.7. The number of aliphatic hydroxyl groups excluding tert-OH is 1. The lowest BCUT2D eigenvalue weighted by Crippen LogP contribution is -2.56. The first-order valence-electron chi connectivity index (χ1n) is 10.3. The van der Waals surface area contributed by atoms with Crippen LogP contribution < -0.4 is 0 Å². The molecule has 0 spiro atoms. The monoisotopic (exact) mass is 433 g/mol. The molecule has 3 atom stereocenters. The second kappa shape index (κ2) is 11.3. The van der Waals surface area contributed by atoms with Crippen LogP contribution in [0, 0.1) is 11.8 Å². The molecule has 0 bridgehead atoms. The largest absolute Gasteiger partial charge is 0.466 e. The molecule has 0 saturated carbocycles. The summed E-state index contributed by atoms with van der Waals surface area (Å²) in [7, 11) is -1.16. The lowest BCUT2D eigenvalue weighted by molar-refractivity contribution is -0.160. The first-order chi connectivity index (χ1) is 13.3. The summed E-state index contributed by atoms with van der Waals surface area (Å²) in [6.07, 6.45) is -1.48. The molecule has 9 heteroatoms. The maximum atomic E-state index is 12.5. The van der Waals surface area contributed by atoms with E-state index in [2.05, 4.69) is 19.6 Å². The Kier molecular flexibility index (Phi) is 10.1. The van der Waals surface area contributed by atoms with Crippen molar-refractivity contribution in [2.75, 3.05) is 39.7 Å². The Hall–Kier alpha value is -1.16.